The average molecular weight is 676 g/mol. The van der Waals surface area contributed by atoms with Gasteiger partial charge in [0.05, 0.1) is 6.61 Å². The van der Waals surface area contributed by atoms with E-state index in [-0.39, 0.29) is 18.4 Å². The van der Waals surface area contributed by atoms with Crippen LogP contribution in [-0.4, -0.2) is 61.6 Å². The van der Waals surface area contributed by atoms with Gasteiger partial charge in [0.1, 0.15) is 30.2 Å². The molecule has 48 heavy (non-hydrogen) atoms. The third-order valence-electron chi connectivity index (χ3n) is 8.40. The summed E-state index contributed by atoms with van der Waals surface area (Å²) in [6, 6.07) is 17.5. The monoisotopic (exact) mass is 675 g/mol. The van der Waals surface area contributed by atoms with E-state index < -0.39 is 29.5 Å². The van der Waals surface area contributed by atoms with Crippen LogP contribution in [0, 0.1) is 5.92 Å². The highest BCUT2D eigenvalue weighted by molar-refractivity contribution is 7.98. The van der Waals surface area contributed by atoms with Crippen molar-refractivity contribution >= 4 is 40.9 Å². The number of fused-ring (bicyclic) bond motifs is 6. The standard InChI is InChI=1S/C36H45N5O6S/c1-22(2)17-30(40-33(42)21-45-15-6-14-37)35(44)41-29(13-16-48-3)34(43)39-25-10-12-28-32(19-25)47-31-18-24(38)9-11-27(31)36(28)26-8-5-4-7-23(26)20-46-36/h4-5,7-12,18-19,22,29-30H,6,13-17,20-21,37-38H2,1-3H3,(H,39,43)(H,40,42)(H,41,44)/t29-,30-,36?/m0/s1. The van der Waals surface area contributed by atoms with Gasteiger partial charge in [-0.15, -0.1) is 0 Å². The molecule has 3 amide bonds. The van der Waals surface area contributed by atoms with E-state index in [0.717, 1.165) is 22.3 Å². The normalized spacial score (nSPS) is 17.1. The lowest BCUT2D eigenvalue weighted by atomic mass is 9.77. The third kappa shape index (κ3) is 7.78. The van der Waals surface area contributed by atoms with Crippen molar-refractivity contribution in [2.24, 2.45) is 11.7 Å². The minimum Gasteiger partial charge on any atom is -0.456 e. The highest BCUT2D eigenvalue weighted by atomic mass is 32.2. The van der Waals surface area contributed by atoms with Crippen LogP contribution in [-0.2, 0) is 36.1 Å². The van der Waals surface area contributed by atoms with E-state index in [1.54, 1.807) is 23.9 Å². The molecule has 1 unspecified atom stereocenters. The molecule has 2 aliphatic rings. The molecule has 0 aromatic heterocycles. The maximum Gasteiger partial charge on any atom is 0.246 e. The summed E-state index contributed by atoms with van der Waals surface area (Å²) in [6.45, 7) is 5.02. The lowest BCUT2D eigenvalue weighted by molar-refractivity contribution is -0.133. The predicted octanol–water partition coefficient (Wildman–Crippen LogP) is 4.27. The number of amides is 3. The van der Waals surface area contributed by atoms with E-state index in [0.29, 0.717) is 67.6 Å². The highest BCUT2D eigenvalue weighted by Gasteiger charge is 2.49. The van der Waals surface area contributed by atoms with Crippen LogP contribution in [0.2, 0.25) is 0 Å². The van der Waals surface area contributed by atoms with Crippen LogP contribution in [0.15, 0.2) is 60.7 Å². The minimum atomic E-state index is -0.893. The highest BCUT2D eigenvalue weighted by Crippen LogP contribution is 2.56. The zero-order valence-electron chi connectivity index (χ0n) is 27.7. The number of anilines is 2. The fourth-order valence-corrected chi connectivity index (χ4v) is 6.62. The van der Waals surface area contributed by atoms with Crippen LogP contribution in [0.1, 0.15) is 55.4 Å². The van der Waals surface area contributed by atoms with Gasteiger partial charge in [0, 0.05) is 41.2 Å². The third-order valence-corrected chi connectivity index (χ3v) is 9.05. The lowest BCUT2D eigenvalue weighted by Gasteiger charge is -2.37. The van der Waals surface area contributed by atoms with Gasteiger partial charge in [-0.3, -0.25) is 14.4 Å². The smallest absolute Gasteiger partial charge is 0.246 e. The lowest BCUT2D eigenvalue weighted by Crippen LogP contribution is -2.53. The zero-order valence-corrected chi connectivity index (χ0v) is 28.5. The number of benzene rings is 3. The van der Waals surface area contributed by atoms with Crippen molar-refractivity contribution in [1.82, 2.24) is 10.6 Å². The number of thioether (sulfide) groups is 1. The molecule has 0 saturated heterocycles. The Morgan fingerprint density at radius 2 is 1.71 bits per heavy atom. The van der Waals surface area contributed by atoms with Crippen molar-refractivity contribution in [3.8, 4) is 11.5 Å². The van der Waals surface area contributed by atoms with Crippen LogP contribution in [0.3, 0.4) is 0 Å². The molecule has 0 radical (unpaired) electrons. The first-order valence-corrected chi connectivity index (χ1v) is 17.7. The van der Waals surface area contributed by atoms with Crippen LogP contribution in [0.5, 0.6) is 11.5 Å². The number of nitrogen functional groups attached to an aromatic ring is 1. The minimum absolute atomic E-state index is 0.118. The van der Waals surface area contributed by atoms with Gasteiger partial charge < -0.3 is 41.6 Å². The molecule has 7 N–H and O–H groups in total. The summed E-state index contributed by atoms with van der Waals surface area (Å²) in [7, 11) is 0. The second-order valence-corrected chi connectivity index (χ2v) is 13.5. The largest absolute Gasteiger partial charge is 0.456 e. The molecule has 3 aromatic carbocycles. The predicted molar refractivity (Wildman–Crippen MR) is 188 cm³/mol. The molecular formula is C36H45N5O6S. The molecule has 0 bridgehead atoms. The summed E-state index contributed by atoms with van der Waals surface area (Å²) in [5, 5.41) is 8.63. The van der Waals surface area contributed by atoms with Gasteiger partial charge in [0.15, 0.2) is 5.60 Å². The number of rotatable bonds is 15. The second kappa shape index (κ2) is 15.9. The van der Waals surface area contributed by atoms with E-state index in [9.17, 15) is 14.4 Å². The Morgan fingerprint density at radius 3 is 2.46 bits per heavy atom. The van der Waals surface area contributed by atoms with Crippen molar-refractivity contribution in [2.75, 3.05) is 42.8 Å². The number of hydrogen-bond donors (Lipinski definition) is 5. The van der Waals surface area contributed by atoms with Crippen LogP contribution in [0.4, 0.5) is 11.4 Å². The van der Waals surface area contributed by atoms with Gasteiger partial charge in [-0.2, -0.15) is 11.8 Å². The van der Waals surface area contributed by atoms with Gasteiger partial charge in [0.2, 0.25) is 17.7 Å². The fourth-order valence-electron chi connectivity index (χ4n) is 6.15. The summed E-state index contributed by atoms with van der Waals surface area (Å²) in [5.41, 5.74) is 15.6. The topological polar surface area (TPSA) is 167 Å². The number of carbonyl (C=O) groups is 3. The van der Waals surface area contributed by atoms with Crippen LogP contribution < -0.4 is 32.2 Å². The summed E-state index contributed by atoms with van der Waals surface area (Å²) in [5.74, 6) is 0.655. The number of hydrogen-bond acceptors (Lipinski definition) is 9. The van der Waals surface area contributed by atoms with Gasteiger partial charge in [-0.05, 0) is 79.1 Å². The van der Waals surface area contributed by atoms with E-state index in [2.05, 4.69) is 28.1 Å². The molecule has 1 spiro atoms. The first-order valence-electron chi connectivity index (χ1n) is 16.3. The molecule has 5 rings (SSSR count). The quantitative estimate of drug-likeness (QED) is 0.117. The molecule has 0 saturated carbocycles. The summed E-state index contributed by atoms with van der Waals surface area (Å²) in [6.07, 6.45) is 3.37. The Labute approximate surface area is 285 Å². The molecule has 3 atom stereocenters. The van der Waals surface area contributed by atoms with Crippen LogP contribution >= 0.6 is 11.8 Å². The molecule has 12 heteroatoms. The van der Waals surface area contributed by atoms with Crippen molar-refractivity contribution in [3.63, 3.8) is 0 Å². The number of carbonyl (C=O) groups excluding carboxylic acids is 3. The summed E-state index contributed by atoms with van der Waals surface area (Å²) >= 11 is 1.57. The molecule has 2 aliphatic heterocycles. The molecule has 0 fully saturated rings. The Hall–Kier alpha value is -4.10. The summed E-state index contributed by atoms with van der Waals surface area (Å²) < 4.78 is 18.3. The van der Waals surface area contributed by atoms with Crippen molar-refractivity contribution < 1.29 is 28.6 Å². The first kappa shape index (κ1) is 35.2. The first-order chi connectivity index (χ1) is 23.2. The van der Waals surface area contributed by atoms with Gasteiger partial charge in [0.25, 0.3) is 0 Å². The maximum atomic E-state index is 13.7. The number of nitrogens with one attached hydrogen (secondary N) is 3. The number of nitrogens with two attached hydrogens (primary N) is 2. The van der Waals surface area contributed by atoms with E-state index in [1.807, 2.05) is 56.5 Å². The van der Waals surface area contributed by atoms with E-state index in [1.165, 1.54) is 0 Å². The van der Waals surface area contributed by atoms with Crippen LogP contribution in [0.25, 0.3) is 0 Å². The Morgan fingerprint density at radius 1 is 0.958 bits per heavy atom. The molecule has 2 heterocycles. The van der Waals surface area contributed by atoms with Crippen molar-refractivity contribution in [1.29, 1.82) is 0 Å². The van der Waals surface area contributed by atoms with Crippen molar-refractivity contribution in [2.45, 2.75) is 57.4 Å². The average Bonchev–Trinajstić information content (AvgIpc) is 3.44. The van der Waals surface area contributed by atoms with Gasteiger partial charge in [-0.1, -0.05) is 38.1 Å². The molecular weight excluding hydrogens is 630 g/mol. The SMILES string of the molecule is CSCC[C@H](NC(=O)[C@H](CC(C)C)NC(=O)COCCCN)C(=O)Nc1ccc2c(c1)Oc1cc(N)ccc1C21OCc2ccccc21. The van der Waals surface area contributed by atoms with Gasteiger partial charge in [-0.25, -0.2) is 0 Å². The molecule has 11 nitrogen and oxygen atoms in total. The fraction of sp³-hybridized carbons (Fsp3) is 0.417. The Bertz CT molecular complexity index is 1630. The molecule has 3 aromatic rings. The maximum absolute atomic E-state index is 13.7. The van der Waals surface area contributed by atoms with E-state index >= 15 is 0 Å². The molecule has 256 valence electrons. The van der Waals surface area contributed by atoms with E-state index in [4.69, 9.17) is 25.7 Å². The van der Waals surface area contributed by atoms with Crippen molar-refractivity contribution in [3.05, 3.63) is 82.9 Å². The van der Waals surface area contributed by atoms with Gasteiger partial charge >= 0.3 is 0 Å². The zero-order chi connectivity index (χ0) is 34.3. The molecule has 0 aliphatic carbocycles. The Kier molecular flexibility index (Phi) is 11.6. The Balaban J connectivity index is 1.35. The number of ether oxygens (including phenoxy) is 3. The summed E-state index contributed by atoms with van der Waals surface area (Å²) in [4.78, 5) is 39.8. The second-order valence-electron chi connectivity index (χ2n) is 12.5.